The van der Waals surface area contributed by atoms with E-state index in [0.29, 0.717) is 40.3 Å². The first-order valence-electron chi connectivity index (χ1n) is 10.9. The maximum Gasteiger partial charge on any atom is 0.340 e. The number of H-pyrrole nitrogens is 1. The summed E-state index contributed by atoms with van der Waals surface area (Å²) in [7, 11) is 0. The van der Waals surface area contributed by atoms with Crippen LogP contribution in [0.5, 0.6) is 0 Å². The second kappa shape index (κ2) is 7.29. The van der Waals surface area contributed by atoms with E-state index in [1.165, 1.54) is 19.3 Å². The summed E-state index contributed by atoms with van der Waals surface area (Å²) in [6.07, 6.45) is 5.59. The van der Waals surface area contributed by atoms with E-state index in [1.54, 1.807) is 27.7 Å². The van der Waals surface area contributed by atoms with Crippen molar-refractivity contribution >= 4 is 17.7 Å². The fourth-order valence-corrected chi connectivity index (χ4v) is 6.41. The zero-order chi connectivity index (χ0) is 20.9. The topological polar surface area (TPSA) is 85.5 Å². The SMILES string of the molecule is CCOC(=O)c1c(C)[nH]c(C(=O)[C@@H](C)OC(=O)C23CC4CC(CC(C4)C2)C3)c1C. The molecule has 1 aromatic heterocycles. The third-order valence-corrected chi connectivity index (χ3v) is 7.29. The molecule has 1 heterocycles. The Bertz CT molecular complexity index is 816. The predicted molar refractivity (Wildman–Crippen MR) is 107 cm³/mol. The van der Waals surface area contributed by atoms with E-state index in [9.17, 15) is 14.4 Å². The molecule has 4 aliphatic rings. The van der Waals surface area contributed by atoms with Crippen LogP contribution in [0.25, 0.3) is 0 Å². The molecule has 6 nitrogen and oxygen atoms in total. The molecule has 0 unspecified atom stereocenters. The molecule has 29 heavy (non-hydrogen) atoms. The van der Waals surface area contributed by atoms with Crippen molar-refractivity contribution in [2.75, 3.05) is 6.61 Å². The van der Waals surface area contributed by atoms with Crippen LogP contribution < -0.4 is 0 Å². The number of ether oxygens (including phenoxy) is 2. The van der Waals surface area contributed by atoms with Gasteiger partial charge in [-0.3, -0.25) is 9.59 Å². The van der Waals surface area contributed by atoms with E-state index in [1.807, 2.05) is 0 Å². The van der Waals surface area contributed by atoms with Crippen LogP contribution >= 0.6 is 0 Å². The second-order valence-electron chi connectivity index (χ2n) is 9.46. The van der Waals surface area contributed by atoms with Crippen molar-refractivity contribution in [2.45, 2.75) is 72.3 Å². The number of hydrogen-bond acceptors (Lipinski definition) is 5. The van der Waals surface area contributed by atoms with E-state index in [-0.39, 0.29) is 23.8 Å². The lowest BCUT2D eigenvalue weighted by Crippen LogP contribution is -2.51. The Morgan fingerprint density at radius 1 is 1.07 bits per heavy atom. The number of aryl methyl sites for hydroxylation is 1. The van der Waals surface area contributed by atoms with Gasteiger partial charge in [-0.15, -0.1) is 0 Å². The van der Waals surface area contributed by atoms with E-state index >= 15 is 0 Å². The first-order valence-corrected chi connectivity index (χ1v) is 10.9. The molecule has 4 aliphatic carbocycles. The normalized spacial score (nSPS) is 30.8. The minimum Gasteiger partial charge on any atom is -0.462 e. The summed E-state index contributed by atoms with van der Waals surface area (Å²) in [4.78, 5) is 41.3. The van der Waals surface area contributed by atoms with Gasteiger partial charge in [-0.1, -0.05) is 0 Å². The number of carbonyl (C=O) groups excluding carboxylic acids is 3. The average Bonchev–Trinajstić information content (AvgIpc) is 2.94. The Morgan fingerprint density at radius 2 is 1.62 bits per heavy atom. The number of esters is 2. The molecule has 4 bridgehead atoms. The van der Waals surface area contributed by atoms with E-state index in [0.717, 1.165) is 19.3 Å². The van der Waals surface area contributed by atoms with Crippen molar-refractivity contribution in [3.63, 3.8) is 0 Å². The Hall–Kier alpha value is -2.11. The molecule has 4 saturated carbocycles. The van der Waals surface area contributed by atoms with Crippen LogP contribution in [0.15, 0.2) is 0 Å². The maximum absolute atomic E-state index is 13.1. The molecule has 1 atom stereocenters. The smallest absolute Gasteiger partial charge is 0.340 e. The number of aromatic amines is 1. The largest absolute Gasteiger partial charge is 0.462 e. The Balaban J connectivity index is 1.48. The highest BCUT2D eigenvalue weighted by Gasteiger charge is 2.55. The van der Waals surface area contributed by atoms with Gasteiger partial charge in [0.2, 0.25) is 5.78 Å². The lowest BCUT2D eigenvalue weighted by atomic mass is 9.49. The Labute approximate surface area is 171 Å². The quantitative estimate of drug-likeness (QED) is 0.572. The number of ketones is 1. The predicted octanol–water partition coefficient (Wildman–Crippen LogP) is 4.14. The van der Waals surface area contributed by atoms with Crippen molar-refractivity contribution in [1.29, 1.82) is 0 Å². The Morgan fingerprint density at radius 3 is 2.14 bits per heavy atom. The second-order valence-corrected chi connectivity index (χ2v) is 9.46. The van der Waals surface area contributed by atoms with Crippen molar-refractivity contribution < 1.29 is 23.9 Å². The van der Waals surface area contributed by atoms with Crippen LogP contribution in [0, 0.1) is 37.0 Å². The Kier molecular flexibility index (Phi) is 5.07. The summed E-state index contributed by atoms with van der Waals surface area (Å²) < 4.78 is 10.8. The van der Waals surface area contributed by atoms with Crippen molar-refractivity contribution in [3.8, 4) is 0 Å². The molecule has 1 aromatic rings. The first-order chi connectivity index (χ1) is 13.7. The fourth-order valence-electron chi connectivity index (χ4n) is 6.41. The van der Waals surface area contributed by atoms with Crippen LogP contribution in [-0.2, 0) is 14.3 Å². The van der Waals surface area contributed by atoms with Crippen molar-refractivity contribution in [3.05, 3.63) is 22.5 Å². The molecule has 0 aromatic carbocycles. The van der Waals surface area contributed by atoms with Gasteiger partial charge in [0.05, 0.1) is 23.3 Å². The van der Waals surface area contributed by atoms with Gasteiger partial charge in [-0.05, 0) is 89.5 Å². The summed E-state index contributed by atoms with van der Waals surface area (Å²) in [6, 6.07) is 0. The number of nitrogens with one attached hydrogen (secondary N) is 1. The van der Waals surface area contributed by atoms with Gasteiger partial charge in [0.15, 0.2) is 6.10 Å². The van der Waals surface area contributed by atoms with Gasteiger partial charge in [-0.2, -0.15) is 0 Å². The number of Topliss-reactive ketones (excluding diaryl/α,β-unsaturated/α-hetero) is 1. The first kappa shape index (κ1) is 20.2. The van der Waals surface area contributed by atoms with Gasteiger partial charge < -0.3 is 14.5 Å². The molecule has 1 N–H and O–H groups in total. The molecule has 158 valence electrons. The van der Waals surface area contributed by atoms with E-state index < -0.39 is 12.1 Å². The zero-order valence-corrected chi connectivity index (χ0v) is 17.8. The average molecular weight is 402 g/mol. The third kappa shape index (κ3) is 3.40. The van der Waals surface area contributed by atoms with Gasteiger partial charge >= 0.3 is 11.9 Å². The minimum absolute atomic E-state index is 0.205. The highest BCUT2D eigenvalue weighted by Crippen LogP contribution is 2.60. The number of rotatable bonds is 6. The highest BCUT2D eigenvalue weighted by molar-refractivity contribution is 6.04. The molecule has 0 spiro atoms. The fraction of sp³-hybridized carbons (Fsp3) is 0.696. The van der Waals surface area contributed by atoms with Crippen LogP contribution in [0.4, 0.5) is 0 Å². The van der Waals surface area contributed by atoms with Gasteiger partial charge in [0, 0.05) is 5.69 Å². The van der Waals surface area contributed by atoms with Crippen molar-refractivity contribution in [2.24, 2.45) is 23.2 Å². The molecule has 5 rings (SSSR count). The van der Waals surface area contributed by atoms with Crippen LogP contribution in [-0.4, -0.2) is 35.4 Å². The monoisotopic (exact) mass is 401 g/mol. The molecular weight excluding hydrogens is 370 g/mol. The molecule has 0 radical (unpaired) electrons. The zero-order valence-electron chi connectivity index (χ0n) is 17.8. The lowest BCUT2D eigenvalue weighted by Gasteiger charge is -2.55. The standard InChI is InChI=1S/C23H31NO5/c1-5-28-21(26)18-12(2)19(24-13(18)3)20(25)14(4)29-22(27)23-9-15-6-16(10-23)8-17(7-15)11-23/h14-17,24H,5-11H2,1-4H3/t14-,15?,16?,17?,23?/m1/s1. The van der Waals surface area contributed by atoms with E-state index in [4.69, 9.17) is 9.47 Å². The molecule has 4 fully saturated rings. The molecule has 0 saturated heterocycles. The summed E-state index contributed by atoms with van der Waals surface area (Å²) >= 11 is 0. The summed E-state index contributed by atoms with van der Waals surface area (Å²) in [5.74, 6) is 0.958. The third-order valence-electron chi connectivity index (χ3n) is 7.29. The van der Waals surface area contributed by atoms with Crippen molar-refractivity contribution in [1.82, 2.24) is 4.98 Å². The summed E-state index contributed by atoms with van der Waals surface area (Å²) in [6.45, 7) is 7.09. The maximum atomic E-state index is 13.1. The number of carbonyl (C=O) groups is 3. The molecule has 0 aliphatic heterocycles. The van der Waals surface area contributed by atoms with Gasteiger partial charge in [0.1, 0.15) is 0 Å². The van der Waals surface area contributed by atoms with Crippen LogP contribution in [0.2, 0.25) is 0 Å². The molecule has 0 amide bonds. The molecular formula is C23H31NO5. The summed E-state index contributed by atoms with van der Waals surface area (Å²) in [5, 5.41) is 0. The van der Waals surface area contributed by atoms with Crippen LogP contribution in [0.1, 0.15) is 84.5 Å². The highest BCUT2D eigenvalue weighted by atomic mass is 16.5. The number of aromatic nitrogens is 1. The van der Waals surface area contributed by atoms with Gasteiger partial charge in [-0.25, -0.2) is 4.79 Å². The van der Waals surface area contributed by atoms with E-state index in [2.05, 4.69) is 4.98 Å². The lowest BCUT2D eigenvalue weighted by molar-refractivity contribution is -0.174. The summed E-state index contributed by atoms with van der Waals surface area (Å²) in [5.41, 5.74) is 1.44. The number of hydrogen-bond donors (Lipinski definition) is 1. The minimum atomic E-state index is -0.887. The van der Waals surface area contributed by atoms with Crippen LogP contribution in [0.3, 0.4) is 0 Å². The molecule has 6 heteroatoms. The van der Waals surface area contributed by atoms with Gasteiger partial charge in [0.25, 0.3) is 0 Å².